The molecule has 0 aromatic carbocycles. The first-order valence-corrected chi connectivity index (χ1v) is 6.45. The molecule has 1 heterocycles. The molecule has 1 saturated carbocycles. The number of rotatable bonds is 3. The van der Waals surface area contributed by atoms with Gasteiger partial charge in [-0.05, 0) is 18.3 Å². The monoisotopic (exact) mass is 253 g/mol. The van der Waals surface area contributed by atoms with Gasteiger partial charge >= 0.3 is 0 Å². The Morgan fingerprint density at radius 1 is 1.35 bits per heavy atom. The predicted octanol–water partition coefficient (Wildman–Crippen LogP) is 3.64. The van der Waals surface area contributed by atoms with Crippen molar-refractivity contribution < 1.29 is 0 Å². The summed E-state index contributed by atoms with van der Waals surface area (Å²) in [6.45, 7) is 9.51. The van der Waals surface area contributed by atoms with Crippen molar-refractivity contribution in [3.05, 3.63) is 17.0 Å². The van der Waals surface area contributed by atoms with Crippen LogP contribution in [0.2, 0.25) is 5.15 Å². The van der Waals surface area contributed by atoms with Gasteiger partial charge in [-0.1, -0.05) is 39.3 Å². The van der Waals surface area contributed by atoms with Crippen molar-refractivity contribution in [2.45, 2.75) is 46.0 Å². The van der Waals surface area contributed by atoms with Crippen molar-refractivity contribution in [2.24, 2.45) is 5.41 Å². The van der Waals surface area contributed by atoms with E-state index in [0.717, 1.165) is 18.2 Å². The Hall–Kier alpha value is -0.830. The maximum Gasteiger partial charge on any atom is 0.137 e. The van der Waals surface area contributed by atoms with E-state index in [1.54, 1.807) is 6.07 Å². The van der Waals surface area contributed by atoms with E-state index in [-0.39, 0.29) is 5.41 Å². The highest BCUT2D eigenvalue weighted by Gasteiger charge is 2.36. The lowest BCUT2D eigenvalue weighted by atomic mass is 9.96. The minimum Gasteiger partial charge on any atom is -0.369 e. The van der Waals surface area contributed by atoms with Crippen molar-refractivity contribution in [1.82, 2.24) is 9.97 Å². The smallest absolute Gasteiger partial charge is 0.137 e. The van der Waals surface area contributed by atoms with Crippen LogP contribution in [0.25, 0.3) is 0 Å². The molecule has 0 spiro atoms. The van der Waals surface area contributed by atoms with Crippen LogP contribution in [0.3, 0.4) is 0 Å². The molecular weight excluding hydrogens is 234 g/mol. The Kier molecular flexibility index (Phi) is 3.06. The molecule has 1 aliphatic rings. The SMILES string of the molecule is CC1(CNc2cc(Cl)nc(C(C)(C)C)n2)CC1. The highest BCUT2D eigenvalue weighted by Crippen LogP contribution is 2.44. The van der Waals surface area contributed by atoms with Gasteiger partial charge in [0.25, 0.3) is 0 Å². The van der Waals surface area contributed by atoms with Crippen LogP contribution in [0, 0.1) is 5.41 Å². The lowest BCUT2D eigenvalue weighted by molar-refractivity contribution is 0.544. The average Bonchev–Trinajstić information content (AvgIpc) is 2.92. The molecule has 0 bridgehead atoms. The largest absolute Gasteiger partial charge is 0.369 e. The predicted molar refractivity (Wildman–Crippen MR) is 71.6 cm³/mol. The van der Waals surface area contributed by atoms with Gasteiger partial charge in [0.05, 0.1) is 0 Å². The first-order valence-electron chi connectivity index (χ1n) is 6.07. The fourth-order valence-corrected chi connectivity index (χ4v) is 1.72. The van der Waals surface area contributed by atoms with Crippen LogP contribution in [0.5, 0.6) is 0 Å². The summed E-state index contributed by atoms with van der Waals surface area (Å²) in [7, 11) is 0. The number of nitrogens with zero attached hydrogens (tertiary/aromatic N) is 2. The quantitative estimate of drug-likeness (QED) is 0.836. The Morgan fingerprint density at radius 3 is 2.53 bits per heavy atom. The number of anilines is 1. The molecule has 0 aliphatic heterocycles. The van der Waals surface area contributed by atoms with Crippen LogP contribution in [0.4, 0.5) is 5.82 Å². The molecule has 17 heavy (non-hydrogen) atoms. The van der Waals surface area contributed by atoms with Crippen molar-refractivity contribution >= 4 is 17.4 Å². The maximum absolute atomic E-state index is 6.03. The fourth-order valence-electron chi connectivity index (χ4n) is 1.54. The summed E-state index contributed by atoms with van der Waals surface area (Å²) >= 11 is 6.03. The van der Waals surface area contributed by atoms with E-state index < -0.39 is 0 Å². The third-order valence-electron chi connectivity index (χ3n) is 3.17. The van der Waals surface area contributed by atoms with Crippen LogP contribution >= 0.6 is 11.6 Å². The molecule has 1 aromatic heterocycles. The van der Waals surface area contributed by atoms with Gasteiger partial charge < -0.3 is 5.32 Å². The lowest BCUT2D eigenvalue weighted by Crippen LogP contribution is -2.19. The highest BCUT2D eigenvalue weighted by molar-refractivity contribution is 6.29. The summed E-state index contributed by atoms with van der Waals surface area (Å²) in [4.78, 5) is 8.81. The molecule has 0 amide bonds. The minimum atomic E-state index is -0.0786. The van der Waals surface area contributed by atoms with Crippen LogP contribution in [0.15, 0.2) is 6.07 Å². The van der Waals surface area contributed by atoms with E-state index in [4.69, 9.17) is 11.6 Å². The Labute approximate surface area is 108 Å². The van der Waals surface area contributed by atoms with Gasteiger partial charge in [0.1, 0.15) is 16.8 Å². The van der Waals surface area contributed by atoms with Crippen LogP contribution in [-0.4, -0.2) is 16.5 Å². The summed E-state index contributed by atoms with van der Waals surface area (Å²) in [5.74, 6) is 1.62. The fraction of sp³-hybridized carbons (Fsp3) is 0.692. The molecule has 1 aromatic rings. The Balaban J connectivity index is 2.14. The van der Waals surface area contributed by atoms with Crippen molar-refractivity contribution in [2.75, 3.05) is 11.9 Å². The molecule has 94 valence electrons. The average molecular weight is 254 g/mol. The number of hydrogen-bond donors (Lipinski definition) is 1. The molecule has 1 aliphatic carbocycles. The van der Waals surface area contributed by atoms with Crippen LogP contribution in [-0.2, 0) is 5.41 Å². The Morgan fingerprint density at radius 2 is 2.00 bits per heavy atom. The van der Waals surface area contributed by atoms with E-state index in [0.29, 0.717) is 10.6 Å². The first kappa shape index (κ1) is 12.6. The lowest BCUT2D eigenvalue weighted by Gasteiger charge is -2.18. The molecule has 0 unspecified atom stereocenters. The topological polar surface area (TPSA) is 37.8 Å². The summed E-state index contributed by atoms with van der Waals surface area (Å²) in [5.41, 5.74) is 0.379. The van der Waals surface area contributed by atoms with Gasteiger partial charge in [0.15, 0.2) is 0 Å². The molecule has 3 nitrogen and oxygen atoms in total. The Bertz CT molecular complexity index is 419. The second-order valence-electron chi connectivity index (χ2n) is 6.31. The van der Waals surface area contributed by atoms with E-state index in [2.05, 4.69) is 43.0 Å². The molecule has 1 N–H and O–H groups in total. The van der Waals surface area contributed by atoms with E-state index in [1.165, 1.54) is 12.8 Å². The summed E-state index contributed by atoms with van der Waals surface area (Å²) in [6.07, 6.45) is 2.59. The second-order valence-corrected chi connectivity index (χ2v) is 6.70. The van der Waals surface area contributed by atoms with Gasteiger partial charge in [-0.2, -0.15) is 0 Å². The minimum absolute atomic E-state index is 0.0786. The standard InChI is InChI=1S/C13H20ClN3/c1-12(2,3)11-16-9(14)7-10(17-11)15-8-13(4)5-6-13/h7H,5-6,8H2,1-4H3,(H,15,16,17). The van der Waals surface area contributed by atoms with Gasteiger partial charge in [0.2, 0.25) is 0 Å². The van der Waals surface area contributed by atoms with Crippen LogP contribution < -0.4 is 5.32 Å². The second kappa shape index (κ2) is 4.13. The van der Waals surface area contributed by atoms with Gasteiger partial charge in [-0.25, -0.2) is 9.97 Å². The molecule has 2 rings (SSSR count). The van der Waals surface area contributed by atoms with Crippen molar-refractivity contribution in [3.8, 4) is 0 Å². The van der Waals surface area contributed by atoms with E-state index in [1.807, 2.05) is 0 Å². The third kappa shape index (κ3) is 3.32. The zero-order valence-electron chi connectivity index (χ0n) is 11.0. The summed E-state index contributed by atoms with van der Waals surface area (Å²) in [6, 6.07) is 1.79. The number of nitrogens with one attached hydrogen (secondary N) is 1. The zero-order chi connectivity index (χ0) is 12.7. The van der Waals surface area contributed by atoms with Gasteiger partial charge in [-0.15, -0.1) is 0 Å². The normalized spacial score (nSPS) is 17.9. The molecule has 4 heteroatoms. The first-order chi connectivity index (χ1) is 7.78. The maximum atomic E-state index is 6.03. The van der Waals surface area contributed by atoms with Crippen molar-refractivity contribution in [1.29, 1.82) is 0 Å². The number of aromatic nitrogens is 2. The summed E-state index contributed by atoms with van der Waals surface area (Å²) in [5, 5.41) is 3.87. The van der Waals surface area contributed by atoms with E-state index >= 15 is 0 Å². The highest BCUT2D eigenvalue weighted by atomic mass is 35.5. The number of halogens is 1. The molecule has 0 saturated heterocycles. The van der Waals surface area contributed by atoms with Gasteiger partial charge in [0, 0.05) is 18.0 Å². The molecular formula is C13H20ClN3. The molecule has 1 fully saturated rings. The summed E-state index contributed by atoms with van der Waals surface area (Å²) < 4.78 is 0. The molecule has 0 radical (unpaired) electrons. The third-order valence-corrected chi connectivity index (χ3v) is 3.36. The zero-order valence-corrected chi connectivity index (χ0v) is 11.7. The van der Waals surface area contributed by atoms with Gasteiger partial charge in [-0.3, -0.25) is 0 Å². The number of hydrogen-bond acceptors (Lipinski definition) is 3. The molecule has 0 atom stereocenters. The van der Waals surface area contributed by atoms with Crippen LogP contribution in [0.1, 0.15) is 46.4 Å². The van der Waals surface area contributed by atoms with Crippen molar-refractivity contribution in [3.63, 3.8) is 0 Å². The van der Waals surface area contributed by atoms with E-state index in [9.17, 15) is 0 Å².